The lowest BCUT2D eigenvalue weighted by atomic mass is 10.2. The molecule has 3 nitrogen and oxygen atoms in total. The minimum absolute atomic E-state index is 0.616. The summed E-state index contributed by atoms with van der Waals surface area (Å²) in [5.74, 6) is 0. The van der Waals surface area contributed by atoms with Gasteiger partial charge in [-0.15, -0.1) is 4.20 Å². The van der Waals surface area contributed by atoms with Crippen molar-refractivity contribution in [1.82, 2.24) is 0 Å². The van der Waals surface area contributed by atoms with Crippen LogP contribution in [0.2, 0.25) is 26.2 Å². The molecule has 0 saturated carbocycles. The third-order valence-corrected chi connectivity index (χ3v) is 8.97. The van der Waals surface area contributed by atoms with Crippen molar-refractivity contribution in [1.29, 1.82) is 0 Å². The predicted octanol–water partition coefficient (Wildman–Crippen LogP) is 4.07. The summed E-state index contributed by atoms with van der Waals surface area (Å²) >= 11 is 0. The molecule has 0 aliphatic heterocycles. The summed E-state index contributed by atoms with van der Waals surface area (Å²) < 4.78 is 35.3. The first-order chi connectivity index (χ1) is 8.20. The minimum Gasteiger partial charge on any atom is -0.331 e. The summed E-state index contributed by atoms with van der Waals surface area (Å²) in [7, 11) is -8.48. The van der Waals surface area contributed by atoms with Crippen LogP contribution in [-0.2, 0) is 19.0 Å². The van der Waals surface area contributed by atoms with E-state index in [0.29, 0.717) is 6.04 Å². The quantitative estimate of drug-likeness (QED) is 0.587. The maximum Gasteiger partial charge on any atom is 0.493 e. The molecule has 1 aromatic carbocycles. The highest BCUT2D eigenvalue weighted by molar-refractivity contribution is 7.51. The molecule has 0 heterocycles. The third-order valence-electron chi connectivity index (χ3n) is 2.17. The van der Waals surface area contributed by atoms with Gasteiger partial charge in [-0.3, -0.25) is 0 Å². The molecular weight excluding hydrogens is 286 g/mol. The third kappa shape index (κ3) is 6.06. The van der Waals surface area contributed by atoms with E-state index in [2.05, 4.69) is 0 Å². The Morgan fingerprint density at radius 1 is 1.28 bits per heavy atom. The van der Waals surface area contributed by atoms with Gasteiger partial charge in [-0.2, -0.15) is 0 Å². The van der Waals surface area contributed by atoms with Crippen LogP contribution < -0.4 is 0 Å². The summed E-state index contributed by atoms with van der Waals surface area (Å²) in [6.07, 6.45) is 0. The Morgan fingerprint density at radius 2 is 1.83 bits per heavy atom. The Balaban J connectivity index is 2.67. The zero-order valence-corrected chi connectivity index (χ0v) is 14.3. The van der Waals surface area contributed by atoms with Crippen LogP contribution in [0.3, 0.4) is 0 Å². The molecule has 0 fully saturated rings. The van der Waals surface area contributed by atoms with E-state index in [1.54, 1.807) is 13.1 Å². The fraction of sp³-hybridized carbons (Fsp3) is 0.455. The SMILES string of the molecule is C[SiH](C)OP(=O)(F)O[Si](C)(C)Cc1ccccc1. The van der Waals surface area contributed by atoms with E-state index in [9.17, 15) is 8.76 Å². The lowest BCUT2D eigenvalue weighted by molar-refractivity contribution is 0.337. The molecule has 0 saturated heterocycles. The first-order valence-corrected chi connectivity index (χ1v) is 13.3. The minimum atomic E-state index is -4.38. The highest BCUT2D eigenvalue weighted by Crippen LogP contribution is 2.53. The average Bonchev–Trinajstić information content (AvgIpc) is 2.13. The highest BCUT2D eigenvalue weighted by Gasteiger charge is 2.36. The van der Waals surface area contributed by atoms with Gasteiger partial charge in [0.2, 0.25) is 8.32 Å². The Bertz CT molecular complexity index is 426. The molecule has 1 aromatic rings. The highest BCUT2D eigenvalue weighted by atomic mass is 31.2. The van der Waals surface area contributed by atoms with Gasteiger partial charge >= 0.3 is 7.91 Å². The van der Waals surface area contributed by atoms with Crippen LogP contribution in [0.25, 0.3) is 0 Å². The average molecular weight is 306 g/mol. The maximum absolute atomic E-state index is 13.7. The standard InChI is InChI=1S/C11H20FO3PSi2/c1-17(2)14-16(12,13)15-18(3,4)10-11-8-6-5-7-9-11/h5-9,17H,10H2,1-4H3. The van der Waals surface area contributed by atoms with Crippen molar-refractivity contribution in [3.63, 3.8) is 0 Å². The molecule has 1 unspecified atom stereocenters. The molecule has 0 radical (unpaired) electrons. The van der Waals surface area contributed by atoms with Gasteiger partial charge in [-0.05, 0) is 37.8 Å². The molecule has 0 spiro atoms. The molecule has 0 aliphatic rings. The molecule has 0 bridgehead atoms. The van der Waals surface area contributed by atoms with E-state index in [1.807, 2.05) is 43.4 Å². The zero-order chi connectivity index (χ0) is 13.8. The monoisotopic (exact) mass is 306 g/mol. The number of hydrogen-bond donors (Lipinski definition) is 0. The summed E-state index contributed by atoms with van der Waals surface area (Å²) in [5, 5.41) is 0. The van der Waals surface area contributed by atoms with Gasteiger partial charge in [0.05, 0.1) is 0 Å². The second-order valence-corrected chi connectivity index (χ2v) is 13.5. The fourth-order valence-corrected chi connectivity index (χ4v) is 8.10. The van der Waals surface area contributed by atoms with Gasteiger partial charge in [0.15, 0.2) is 9.04 Å². The van der Waals surface area contributed by atoms with Crippen molar-refractivity contribution in [3.05, 3.63) is 35.9 Å². The van der Waals surface area contributed by atoms with Crippen LogP contribution in [-0.4, -0.2) is 17.4 Å². The largest absolute Gasteiger partial charge is 0.493 e. The molecule has 1 atom stereocenters. The number of rotatable bonds is 6. The summed E-state index contributed by atoms with van der Waals surface area (Å²) in [4.78, 5) is 0. The van der Waals surface area contributed by atoms with Crippen molar-refractivity contribution in [2.45, 2.75) is 32.2 Å². The van der Waals surface area contributed by atoms with Crippen molar-refractivity contribution < 1.29 is 17.2 Å². The van der Waals surface area contributed by atoms with E-state index >= 15 is 0 Å². The first kappa shape index (κ1) is 15.8. The van der Waals surface area contributed by atoms with E-state index < -0.39 is 25.3 Å². The van der Waals surface area contributed by atoms with E-state index in [4.69, 9.17) is 8.43 Å². The van der Waals surface area contributed by atoms with Crippen LogP contribution in [0.4, 0.5) is 4.20 Å². The lowest BCUT2D eigenvalue weighted by Gasteiger charge is -2.25. The van der Waals surface area contributed by atoms with E-state index in [-0.39, 0.29) is 0 Å². The van der Waals surface area contributed by atoms with Crippen LogP contribution in [0, 0.1) is 0 Å². The number of benzene rings is 1. The molecule has 18 heavy (non-hydrogen) atoms. The van der Waals surface area contributed by atoms with Crippen LogP contribution >= 0.6 is 7.91 Å². The maximum atomic E-state index is 13.7. The Labute approximate surface area is 111 Å². The van der Waals surface area contributed by atoms with Gasteiger partial charge in [0.1, 0.15) is 0 Å². The second kappa shape index (κ2) is 6.26. The van der Waals surface area contributed by atoms with Crippen molar-refractivity contribution in [2.24, 2.45) is 0 Å². The van der Waals surface area contributed by atoms with Crippen LogP contribution in [0.1, 0.15) is 5.56 Å². The molecule has 0 aliphatic carbocycles. The van der Waals surface area contributed by atoms with Crippen molar-refractivity contribution in [3.8, 4) is 0 Å². The van der Waals surface area contributed by atoms with Gasteiger partial charge in [0, 0.05) is 0 Å². The topological polar surface area (TPSA) is 35.5 Å². The Hall–Kier alpha value is -0.266. The smallest absolute Gasteiger partial charge is 0.331 e. The summed E-state index contributed by atoms with van der Waals surface area (Å²) in [6.45, 7) is 7.22. The summed E-state index contributed by atoms with van der Waals surface area (Å²) in [6, 6.07) is 10.3. The first-order valence-electron chi connectivity index (χ1n) is 5.93. The van der Waals surface area contributed by atoms with Gasteiger partial charge in [0.25, 0.3) is 0 Å². The fourth-order valence-electron chi connectivity index (χ4n) is 1.69. The van der Waals surface area contributed by atoms with Crippen molar-refractivity contribution >= 4 is 25.3 Å². The molecule has 7 heteroatoms. The molecule has 0 aromatic heterocycles. The molecule has 0 N–H and O–H groups in total. The molecule has 0 amide bonds. The zero-order valence-electron chi connectivity index (χ0n) is 11.2. The van der Waals surface area contributed by atoms with Crippen LogP contribution in [0.5, 0.6) is 0 Å². The Kier molecular flexibility index (Phi) is 5.49. The molecular formula is C11H20FO3PSi2. The van der Waals surface area contributed by atoms with Gasteiger partial charge in [-0.25, -0.2) is 4.57 Å². The Morgan fingerprint density at radius 3 is 2.33 bits per heavy atom. The number of hydrogen-bond acceptors (Lipinski definition) is 3. The summed E-state index contributed by atoms with van der Waals surface area (Å²) in [5.41, 5.74) is 1.07. The molecule has 102 valence electrons. The lowest BCUT2D eigenvalue weighted by Crippen LogP contribution is -2.32. The van der Waals surface area contributed by atoms with E-state index in [1.165, 1.54) is 0 Å². The molecule has 1 rings (SSSR count). The second-order valence-electron chi connectivity index (χ2n) is 5.10. The number of halogens is 1. The van der Waals surface area contributed by atoms with Gasteiger partial charge in [-0.1, -0.05) is 30.3 Å². The predicted molar refractivity (Wildman–Crippen MR) is 77.4 cm³/mol. The van der Waals surface area contributed by atoms with Gasteiger partial charge < -0.3 is 8.43 Å². The van der Waals surface area contributed by atoms with E-state index in [0.717, 1.165) is 5.56 Å². The normalized spacial score (nSPS) is 15.7. The van der Waals surface area contributed by atoms with Crippen LogP contribution in [0.15, 0.2) is 30.3 Å². The van der Waals surface area contributed by atoms with Crippen molar-refractivity contribution in [2.75, 3.05) is 0 Å².